The van der Waals surface area contributed by atoms with E-state index in [4.69, 9.17) is 0 Å². The van der Waals surface area contributed by atoms with Gasteiger partial charge < -0.3 is 10.2 Å². The second-order valence-corrected chi connectivity index (χ2v) is 7.15. The maximum Gasteiger partial charge on any atom is 0.256 e. The second kappa shape index (κ2) is 9.52. The fourth-order valence-electron chi connectivity index (χ4n) is 3.33. The van der Waals surface area contributed by atoms with Crippen LogP contribution in [0.25, 0.3) is 0 Å². The summed E-state index contributed by atoms with van der Waals surface area (Å²) < 4.78 is 28.9. The summed E-state index contributed by atoms with van der Waals surface area (Å²) in [4.78, 5) is 15.0. The normalized spacial score (nSPS) is 10.8. The van der Waals surface area contributed by atoms with Gasteiger partial charge in [-0.2, -0.15) is 5.10 Å². The molecule has 0 saturated heterocycles. The van der Waals surface area contributed by atoms with Crippen molar-refractivity contribution < 1.29 is 13.6 Å². The summed E-state index contributed by atoms with van der Waals surface area (Å²) in [5.41, 5.74) is 2.47. The number of amides is 1. The number of nitrogens with zero attached hydrogens (tertiary/aromatic N) is 3. The molecule has 1 aromatic heterocycles. The van der Waals surface area contributed by atoms with Crippen LogP contribution in [0.3, 0.4) is 0 Å². The van der Waals surface area contributed by atoms with E-state index in [2.05, 4.69) is 29.2 Å². The summed E-state index contributed by atoms with van der Waals surface area (Å²) in [6, 6.07) is 10.7. The van der Waals surface area contributed by atoms with E-state index >= 15 is 0 Å². The number of rotatable bonds is 8. The molecule has 0 saturated carbocycles. The number of carbonyl (C=O) groups is 1. The average Bonchev–Trinajstić information content (AvgIpc) is 3.08. The van der Waals surface area contributed by atoms with Gasteiger partial charge in [0.2, 0.25) is 0 Å². The fraction of sp³-hybridized carbons (Fsp3) is 0.304. The third kappa shape index (κ3) is 4.84. The fourth-order valence-corrected chi connectivity index (χ4v) is 3.33. The van der Waals surface area contributed by atoms with E-state index in [9.17, 15) is 13.6 Å². The molecule has 158 valence electrons. The lowest BCUT2D eigenvalue weighted by Gasteiger charge is -2.22. The zero-order chi connectivity index (χ0) is 21.7. The number of hydrogen-bond donors (Lipinski definition) is 1. The minimum absolute atomic E-state index is 0.00840. The Morgan fingerprint density at radius 3 is 2.53 bits per heavy atom. The van der Waals surface area contributed by atoms with Crippen molar-refractivity contribution in [3.05, 3.63) is 77.0 Å². The zero-order valence-electron chi connectivity index (χ0n) is 17.5. The molecule has 0 fully saturated rings. The van der Waals surface area contributed by atoms with Crippen LogP contribution < -0.4 is 10.2 Å². The van der Waals surface area contributed by atoms with Gasteiger partial charge >= 0.3 is 0 Å². The highest BCUT2D eigenvalue weighted by Gasteiger charge is 2.15. The van der Waals surface area contributed by atoms with Gasteiger partial charge in [-0.15, -0.1) is 0 Å². The largest absolute Gasteiger partial charge is 0.372 e. The van der Waals surface area contributed by atoms with Crippen molar-refractivity contribution in [2.24, 2.45) is 0 Å². The summed E-state index contributed by atoms with van der Waals surface area (Å²) >= 11 is 0. The molecule has 1 amide bonds. The molecule has 30 heavy (non-hydrogen) atoms. The first-order valence-corrected chi connectivity index (χ1v) is 10.1. The van der Waals surface area contributed by atoms with Gasteiger partial charge in [0.1, 0.15) is 17.5 Å². The molecule has 0 atom stereocenters. The maximum atomic E-state index is 14.0. The molecule has 0 aliphatic carbocycles. The van der Waals surface area contributed by atoms with Gasteiger partial charge in [0.05, 0.1) is 12.7 Å². The molecule has 0 aliphatic heterocycles. The molecule has 0 spiro atoms. The van der Waals surface area contributed by atoms with E-state index in [-0.39, 0.29) is 18.0 Å². The predicted octanol–water partition coefficient (Wildman–Crippen LogP) is 5.01. The van der Waals surface area contributed by atoms with E-state index in [1.54, 1.807) is 25.3 Å². The minimum Gasteiger partial charge on any atom is -0.372 e. The molecular weight excluding hydrogens is 386 g/mol. The Balaban J connectivity index is 1.77. The molecule has 0 unspecified atom stereocenters. The van der Waals surface area contributed by atoms with Gasteiger partial charge in [-0.25, -0.2) is 13.5 Å². The Kier molecular flexibility index (Phi) is 6.82. The molecule has 0 aliphatic rings. The number of nitrogens with one attached hydrogen (secondary N) is 1. The summed E-state index contributed by atoms with van der Waals surface area (Å²) in [5, 5.41) is 7.05. The van der Waals surface area contributed by atoms with Crippen molar-refractivity contribution in [1.82, 2.24) is 9.78 Å². The highest BCUT2D eigenvalue weighted by molar-refractivity contribution is 6.04. The van der Waals surface area contributed by atoms with Crippen molar-refractivity contribution in [2.75, 3.05) is 23.3 Å². The highest BCUT2D eigenvalue weighted by Crippen LogP contribution is 2.20. The predicted molar refractivity (Wildman–Crippen MR) is 115 cm³/mol. The van der Waals surface area contributed by atoms with E-state index in [1.165, 1.54) is 4.68 Å². The number of aromatic nitrogens is 2. The molecule has 0 bridgehead atoms. The number of aryl methyl sites for hydroxylation is 1. The van der Waals surface area contributed by atoms with Crippen molar-refractivity contribution in [1.29, 1.82) is 0 Å². The Bertz CT molecular complexity index is 1010. The third-order valence-electron chi connectivity index (χ3n) is 4.95. The van der Waals surface area contributed by atoms with E-state index in [0.29, 0.717) is 11.4 Å². The van der Waals surface area contributed by atoms with Crippen LogP contribution in [0, 0.1) is 18.6 Å². The first-order chi connectivity index (χ1) is 14.4. The van der Waals surface area contributed by atoms with E-state index in [1.807, 2.05) is 12.1 Å². The Morgan fingerprint density at radius 2 is 1.87 bits per heavy atom. The Morgan fingerprint density at radius 1 is 1.13 bits per heavy atom. The maximum absolute atomic E-state index is 14.0. The van der Waals surface area contributed by atoms with Crippen molar-refractivity contribution in [2.45, 2.75) is 33.7 Å². The zero-order valence-corrected chi connectivity index (χ0v) is 17.5. The van der Waals surface area contributed by atoms with Crippen LogP contribution in [0.2, 0.25) is 0 Å². The smallest absolute Gasteiger partial charge is 0.256 e. The van der Waals surface area contributed by atoms with Crippen LogP contribution in [-0.4, -0.2) is 28.8 Å². The SMILES string of the molecule is CCCN(CC)c1ccc(C(=O)Nc2c(C)cnn2Cc2cc(F)ccc2F)cc1. The van der Waals surface area contributed by atoms with E-state index < -0.39 is 11.6 Å². The minimum atomic E-state index is -0.523. The molecule has 7 heteroatoms. The monoisotopic (exact) mass is 412 g/mol. The Hall–Kier alpha value is -3.22. The van der Waals surface area contributed by atoms with Crippen LogP contribution in [0.5, 0.6) is 0 Å². The van der Waals surface area contributed by atoms with Crippen LogP contribution in [0.15, 0.2) is 48.7 Å². The van der Waals surface area contributed by atoms with Crippen LogP contribution >= 0.6 is 0 Å². The average molecular weight is 412 g/mol. The number of benzene rings is 2. The standard InChI is InChI=1S/C23H26F2N4O/c1-4-12-28(5-2)20-9-6-17(7-10-20)23(30)27-22-16(3)14-26-29(22)15-18-13-19(24)8-11-21(18)25/h6-11,13-14H,4-5,12,15H2,1-3H3,(H,27,30). The molecule has 0 radical (unpaired) electrons. The number of anilines is 2. The first-order valence-electron chi connectivity index (χ1n) is 10.1. The Labute approximate surface area is 175 Å². The summed E-state index contributed by atoms with van der Waals surface area (Å²) in [7, 11) is 0. The van der Waals surface area contributed by atoms with Crippen LogP contribution in [0.4, 0.5) is 20.3 Å². The lowest BCUT2D eigenvalue weighted by atomic mass is 10.1. The third-order valence-corrected chi connectivity index (χ3v) is 4.95. The van der Waals surface area contributed by atoms with Gasteiger partial charge in [-0.1, -0.05) is 6.92 Å². The van der Waals surface area contributed by atoms with Gasteiger partial charge in [-0.3, -0.25) is 4.79 Å². The first kappa shape index (κ1) is 21.5. The lowest BCUT2D eigenvalue weighted by Crippen LogP contribution is -2.23. The topological polar surface area (TPSA) is 50.2 Å². The lowest BCUT2D eigenvalue weighted by molar-refractivity contribution is 0.102. The van der Waals surface area contributed by atoms with Gasteiger partial charge in [-0.05, 0) is 62.7 Å². The van der Waals surface area contributed by atoms with Crippen LogP contribution in [0.1, 0.15) is 41.8 Å². The van der Waals surface area contributed by atoms with Gasteiger partial charge in [0, 0.05) is 35.5 Å². The molecule has 2 aromatic carbocycles. The van der Waals surface area contributed by atoms with Crippen molar-refractivity contribution in [3.8, 4) is 0 Å². The second-order valence-electron chi connectivity index (χ2n) is 7.15. The van der Waals surface area contributed by atoms with Crippen LogP contribution in [-0.2, 0) is 6.54 Å². The van der Waals surface area contributed by atoms with Gasteiger partial charge in [0.15, 0.2) is 0 Å². The quantitative estimate of drug-likeness (QED) is 0.566. The number of hydrogen-bond acceptors (Lipinski definition) is 3. The van der Waals surface area contributed by atoms with Crippen molar-refractivity contribution >= 4 is 17.4 Å². The van der Waals surface area contributed by atoms with Crippen molar-refractivity contribution in [3.63, 3.8) is 0 Å². The van der Waals surface area contributed by atoms with E-state index in [0.717, 1.165) is 49.0 Å². The molecule has 3 aromatic rings. The molecule has 5 nitrogen and oxygen atoms in total. The molecule has 1 N–H and O–H groups in total. The number of carbonyl (C=O) groups excluding carboxylic acids is 1. The summed E-state index contributed by atoms with van der Waals surface area (Å²) in [6.07, 6.45) is 2.63. The highest BCUT2D eigenvalue weighted by atomic mass is 19.1. The van der Waals surface area contributed by atoms with Gasteiger partial charge in [0.25, 0.3) is 5.91 Å². The molecule has 3 rings (SSSR count). The summed E-state index contributed by atoms with van der Waals surface area (Å²) in [6.45, 7) is 7.89. The summed E-state index contributed by atoms with van der Waals surface area (Å²) in [5.74, 6) is -0.881. The molecule has 1 heterocycles. The number of halogens is 2. The molecular formula is C23H26F2N4O.